The first kappa shape index (κ1) is 20.1. The van der Waals surface area contributed by atoms with Crippen molar-refractivity contribution < 1.29 is 9.53 Å². The maximum atomic E-state index is 11.7. The average Bonchev–Trinajstić information content (AvgIpc) is 2.71. The molecule has 0 spiro atoms. The standard InChI is InChI=1S/C22H27N3O2S/c1-4-27-21(26)18-8-10-19(11-9-18)23-22(28)25-14-12-24(13-15-25)20-7-5-6-16(2)17(20)3/h5-11H,4,12-15H2,1-3H3,(H,23,28). The van der Waals surface area contributed by atoms with Gasteiger partial charge in [0.2, 0.25) is 0 Å². The van der Waals surface area contributed by atoms with Gasteiger partial charge in [-0.05, 0) is 74.4 Å². The number of thiocarbonyl (C=S) groups is 1. The first-order valence-electron chi connectivity index (χ1n) is 9.64. The lowest BCUT2D eigenvalue weighted by atomic mass is 10.1. The number of ether oxygens (including phenoxy) is 1. The van der Waals surface area contributed by atoms with E-state index in [1.54, 1.807) is 19.1 Å². The van der Waals surface area contributed by atoms with E-state index in [0.717, 1.165) is 31.9 Å². The molecule has 1 N–H and O–H groups in total. The molecule has 148 valence electrons. The van der Waals surface area contributed by atoms with E-state index in [-0.39, 0.29) is 5.97 Å². The molecule has 1 aliphatic rings. The second-order valence-electron chi connectivity index (χ2n) is 6.92. The molecule has 2 aromatic carbocycles. The van der Waals surface area contributed by atoms with Crippen molar-refractivity contribution in [2.24, 2.45) is 0 Å². The highest BCUT2D eigenvalue weighted by Crippen LogP contribution is 2.24. The Morgan fingerprint density at radius 2 is 1.75 bits per heavy atom. The number of anilines is 2. The molecule has 1 fully saturated rings. The summed E-state index contributed by atoms with van der Waals surface area (Å²) in [5.41, 5.74) is 5.39. The molecule has 6 heteroatoms. The van der Waals surface area contributed by atoms with Crippen LogP contribution >= 0.6 is 12.2 Å². The number of carbonyl (C=O) groups excluding carboxylic acids is 1. The van der Waals surface area contributed by atoms with Crippen molar-refractivity contribution in [3.8, 4) is 0 Å². The van der Waals surface area contributed by atoms with Crippen LogP contribution in [0.2, 0.25) is 0 Å². The normalized spacial score (nSPS) is 14.0. The van der Waals surface area contributed by atoms with E-state index in [9.17, 15) is 4.79 Å². The number of esters is 1. The van der Waals surface area contributed by atoms with Crippen molar-refractivity contribution in [3.05, 3.63) is 59.2 Å². The maximum Gasteiger partial charge on any atom is 0.338 e. The summed E-state index contributed by atoms with van der Waals surface area (Å²) in [6, 6.07) is 13.7. The van der Waals surface area contributed by atoms with Crippen LogP contribution in [-0.4, -0.2) is 48.8 Å². The van der Waals surface area contributed by atoms with Crippen LogP contribution in [0.15, 0.2) is 42.5 Å². The van der Waals surface area contributed by atoms with Crippen LogP contribution in [0, 0.1) is 13.8 Å². The van der Waals surface area contributed by atoms with Crippen molar-refractivity contribution in [1.82, 2.24) is 4.90 Å². The van der Waals surface area contributed by atoms with Crippen LogP contribution in [0.4, 0.5) is 11.4 Å². The quantitative estimate of drug-likeness (QED) is 0.622. The third-order valence-corrected chi connectivity index (χ3v) is 5.49. The van der Waals surface area contributed by atoms with E-state index < -0.39 is 0 Å². The molecule has 0 unspecified atom stereocenters. The Bertz CT molecular complexity index is 843. The van der Waals surface area contributed by atoms with E-state index in [0.29, 0.717) is 17.3 Å². The summed E-state index contributed by atoms with van der Waals surface area (Å²) < 4.78 is 5.01. The SMILES string of the molecule is CCOC(=O)c1ccc(NC(=S)N2CCN(c3cccc(C)c3C)CC2)cc1. The first-order valence-corrected chi connectivity index (χ1v) is 10.0. The lowest BCUT2D eigenvalue weighted by Crippen LogP contribution is -2.50. The number of hydrogen-bond acceptors (Lipinski definition) is 4. The number of benzene rings is 2. The van der Waals surface area contributed by atoms with Crippen molar-refractivity contribution in [3.63, 3.8) is 0 Å². The van der Waals surface area contributed by atoms with Crippen molar-refractivity contribution >= 4 is 34.7 Å². The van der Waals surface area contributed by atoms with E-state index in [4.69, 9.17) is 17.0 Å². The maximum absolute atomic E-state index is 11.7. The van der Waals surface area contributed by atoms with Gasteiger partial charge in [-0.25, -0.2) is 4.79 Å². The zero-order valence-corrected chi connectivity index (χ0v) is 17.5. The summed E-state index contributed by atoms with van der Waals surface area (Å²) in [4.78, 5) is 16.4. The molecule has 0 saturated carbocycles. The van der Waals surface area contributed by atoms with Crippen LogP contribution in [0.1, 0.15) is 28.4 Å². The number of hydrogen-bond donors (Lipinski definition) is 1. The molecule has 1 heterocycles. The highest BCUT2D eigenvalue weighted by atomic mass is 32.1. The highest BCUT2D eigenvalue weighted by Gasteiger charge is 2.20. The van der Waals surface area contributed by atoms with E-state index in [1.165, 1.54) is 16.8 Å². The molecule has 1 saturated heterocycles. The number of rotatable bonds is 4. The van der Waals surface area contributed by atoms with Crippen LogP contribution in [0.25, 0.3) is 0 Å². The topological polar surface area (TPSA) is 44.8 Å². The van der Waals surface area contributed by atoms with Gasteiger partial charge in [0.05, 0.1) is 12.2 Å². The second kappa shape index (κ2) is 9.06. The zero-order chi connectivity index (χ0) is 20.1. The number of carbonyl (C=O) groups is 1. The Hall–Kier alpha value is -2.60. The largest absolute Gasteiger partial charge is 0.462 e. The van der Waals surface area contributed by atoms with Gasteiger partial charge in [-0.2, -0.15) is 0 Å². The third kappa shape index (κ3) is 4.62. The number of nitrogens with one attached hydrogen (secondary N) is 1. The van der Waals surface area contributed by atoms with Gasteiger partial charge < -0.3 is 19.9 Å². The Labute approximate surface area is 172 Å². The molecule has 0 atom stereocenters. The summed E-state index contributed by atoms with van der Waals surface area (Å²) in [5, 5.41) is 3.98. The van der Waals surface area contributed by atoms with Crippen LogP contribution in [0.5, 0.6) is 0 Å². The smallest absolute Gasteiger partial charge is 0.338 e. The van der Waals surface area contributed by atoms with Gasteiger partial charge in [-0.15, -0.1) is 0 Å². The molecule has 2 aromatic rings. The van der Waals surface area contributed by atoms with Crippen molar-refractivity contribution in [2.45, 2.75) is 20.8 Å². The van der Waals surface area contributed by atoms with Gasteiger partial charge in [0.15, 0.2) is 5.11 Å². The fourth-order valence-corrected chi connectivity index (χ4v) is 3.64. The Kier molecular flexibility index (Phi) is 6.52. The Balaban J connectivity index is 1.55. The minimum Gasteiger partial charge on any atom is -0.462 e. The average molecular weight is 398 g/mol. The molecule has 1 aliphatic heterocycles. The van der Waals surface area contributed by atoms with Gasteiger partial charge in [-0.3, -0.25) is 0 Å². The molecule has 0 aromatic heterocycles. The monoisotopic (exact) mass is 397 g/mol. The molecule has 0 amide bonds. The van der Waals surface area contributed by atoms with Gasteiger partial charge in [0.1, 0.15) is 0 Å². The fourth-order valence-electron chi connectivity index (χ4n) is 3.34. The van der Waals surface area contributed by atoms with Gasteiger partial charge in [0.25, 0.3) is 0 Å². The number of piperazine rings is 1. The first-order chi connectivity index (χ1) is 13.5. The Morgan fingerprint density at radius 3 is 2.39 bits per heavy atom. The summed E-state index contributed by atoms with van der Waals surface area (Å²) in [6.07, 6.45) is 0. The predicted octanol–water partition coefficient (Wildman–Crippen LogP) is 4.00. The zero-order valence-electron chi connectivity index (χ0n) is 16.7. The fraction of sp³-hybridized carbons (Fsp3) is 0.364. The van der Waals surface area contributed by atoms with Crippen molar-refractivity contribution in [2.75, 3.05) is 43.0 Å². The van der Waals surface area contributed by atoms with Gasteiger partial charge in [0, 0.05) is 37.6 Å². The lowest BCUT2D eigenvalue weighted by molar-refractivity contribution is 0.0526. The van der Waals surface area contributed by atoms with Crippen LogP contribution < -0.4 is 10.2 Å². The summed E-state index contributed by atoms with van der Waals surface area (Å²) in [5.74, 6) is -0.306. The summed E-state index contributed by atoms with van der Waals surface area (Å²) >= 11 is 5.59. The number of nitrogens with zero attached hydrogens (tertiary/aromatic N) is 2. The molecule has 0 radical (unpaired) electrons. The Morgan fingerprint density at radius 1 is 1.07 bits per heavy atom. The van der Waals surface area contributed by atoms with Crippen LogP contribution in [0.3, 0.4) is 0 Å². The van der Waals surface area contributed by atoms with Crippen LogP contribution in [-0.2, 0) is 4.74 Å². The number of aryl methyl sites for hydroxylation is 1. The van der Waals surface area contributed by atoms with Gasteiger partial charge >= 0.3 is 5.97 Å². The van der Waals surface area contributed by atoms with E-state index in [1.807, 2.05) is 12.1 Å². The molecule has 0 aliphatic carbocycles. The minimum atomic E-state index is -0.306. The molecular formula is C22H27N3O2S. The van der Waals surface area contributed by atoms with Crippen molar-refractivity contribution in [1.29, 1.82) is 0 Å². The molecule has 3 rings (SSSR count). The molecule has 28 heavy (non-hydrogen) atoms. The second-order valence-corrected chi connectivity index (χ2v) is 7.31. The molecular weight excluding hydrogens is 370 g/mol. The third-order valence-electron chi connectivity index (χ3n) is 5.13. The lowest BCUT2D eigenvalue weighted by Gasteiger charge is -2.38. The van der Waals surface area contributed by atoms with E-state index >= 15 is 0 Å². The highest BCUT2D eigenvalue weighted by molar-refractivity contribution is 7.80. The molecule has 0 bridgehead atoms. The van der Waals surface area contributed by atoms with Gasteiger partial charge in [-0.1, -0.05) is 12.1 Å². The summed E-state index contributed by atoms with van der Waals surface area (Å²) in [6.45, 7) is 10.1. The minimum absolute atomic E-state index is 0.306. The van der Waals surface area contributed by atoms with E-state index in [2.05, 4.69) is 47.2 Å². The predicted molar refractivity (Wildman–Crippen MR) is 118 cm³/mol. The summed E-state index contributed by atoms with van der Waals surface area (Å²) in [7, 11) is 0. The molecule has 5 nitrogen and oxygen atoms in total.